The van der Waals surface area contributed by atoms with Crippen LogP contribution in [0.4, 0.5) is 13.2 Å². The van der Waals surface area contributed by atoms with Gasteiger partial charge in [0.05, 0.1) is 10.5 Å². The molecule has 0 radical (unpaired) electrons. The summed E-state index contributed by atoms with van der Waals surface area (Å²) in [7, 11) is -1.44. The van der Waals surface area contributed by atoms with Crippen LogP contribution in [0.5, 0.6) is 0 Å². The van der Waals surface area contributed by atoms with E-state index in [4.69, 9.17) is 0 Å². The van der Waals surface area contributed by atoms with Gasteiger partial charge < -0.3 is 0 Å². The van der Waals surface area contributed by atoms with E-state index in [1.165, 1.54) is 12.1 Å². The number of hydrogen-bond acceptors (Lipinski definition) is 1. The van der Waals surface area contributed by atoms with Gasteiger partial charge in [-0.05, 0) is 24.3 Å². The van der Waals surface area contributed by atoms with Crippen LogP contribution in [0.3, 0.4) is 0 Å². The third kappa shape index (κ3) is 3.32. The van der Waals surface area contributed by atoms with Crippen LogP contribution in [0.15, 0.2) is 29.2 Å². The number of benzene rings is 1. The van der Waals surface area contributed by atoms with E-state index in [0.29, 0.717) is 11.4 Å². The standard InChI is InChI=1S/C9H10F3NOS/c1-2-13-15(14)8-5-3-7(4-6-8)9(10,11)12/h3-6,13H,2H2,1H3. The fraction of sp³-hybridized carbons (Fsp3) is 0.333. The molecule has 0 aliphatic heterocycles. The van der Waals surface area contributed by atoms with E-state index in [2.05, 4.69) is 4.72 Å². The summed E-state index contributed by atoms with van der Waals surface area (Å²) in [5, 5.41) is 0. The first-order valence-electron chi connectivity index (χ1n) is 4.27. The molecule has 0 bridgehead atoms. The van der Waals surface area contributed by atoms with Crippen LogP contribution in [0.1, 0.15) is 12.5 Å². The van der Waals surface area contributed by atoms with Crippen LogP contribution in [0, 0.1) is 0 Å². The molecule has 0 saturated heterocycles. The molecule has 1 aromatic carbocycles. The topological polar surface area (TPSA) is 29.1 Å². The van der Waals surface area contributed by atoms with E-state index >= 15 is 0 Å². The Hall–Kier alpha value is -0.880. The van der Waals surface area contributed by atoms with Crippen LogP contribution in [-0.4, -0.2) is 10.8 Å². The molecule has 6 heteroatoms. The maximum atomic E-state index is 12.2. The van der Waals surface area contributed by atoms with Crippen LogP contribution in [0.2, 0.25) is 0 Å². The largest absolute Gasteiger partial charge is 0.416 e. The Bertz CT molecular complexity index is 347. The molecule has 0 spiro atoms. The number of alkyl halides is 3. The van der Waals surface area contributed by atoms with Gasteiger partial charge in [-0.25, -0.2) is 8.93 Å². The van der Waals surface area contributed by atoms with E-state index < -0.39 is 22.7 Å². The van der Waals surface area contributed by atoms with Gasteiger partial charge in [0, 0.05) is 6.54 Å². The van der Waals surface area contributed by atoms with Crippen molar-refractivity contribution in [2.24, 2.45) is 0 Å². The minimum absolute atomic E-state index is 0.338. The van der Waals surface area contributed by atoms with Crippen molar-refractivity contribution in [3.05, 3.63) is 29.8 Å². The fourth-order valence-electron chi connectivity index (χ4n) is 0.982. The Balaban J connectivity index is 2.86. The molecule has 1 N–H and O–H groups in total. The quantitative estimate of drug-likeness (QED) is 0.859. The second kappa shape index (κ2) is 4.76. The SMILES string of the molecule is CCNS(=O)c1ccc(C(F)(F)F)cc1. The Morgan fingerprint density at radius 1 is 1.27 bits per heavy atom. The van der Waals surface area contributed by atoms with Crippen molar-refractivity contribution in [1.29, 1.82) is 0 Å². The third-order valence-electron chi connectivity index (χ3n) is 1.67. The van der Waals surface area contributed by atoms with Gasteiger partial charge in [0.15, 0.2) is 0 Å². The van der Waals surface area contributed by atoms with E-state index in [1.54, 1.807) is 6.92 Å². The smallest absolute Gasteiger partial charge is 0.238 e. The molecule has 1 rings (SSSR count). The van der Waals surface area contributed by atoms with Crippen molar-refractivity contribution in [1.82, 2.24) is 4.72 Å². The molecule has 0 aliphatic carbocycles. The van der Waals surface area contributed by atoms with Crippen molar-refractivity contribution in [2.45, 2.75) is 18.0 Å². The summed E-state index contributed by atoms with van der Waals surface area (Å²) in [6, 6.07) is 4.26. The zero-order valence-corrected chi connectivity index (χ0v) is 8.78. The van der Waals surface area contributed by atoms with Crippen LogP contribution in [0.25, 0.3) is 0 Å². The average Bonchev–Trinajstić information content (AvgIpc) is 2.17. The van der Waals surface area contributed by atoms with E-state index in [0.717, 1.165) is 12.1 Å². The normalized spacial score (nSPS) is 13.9. The number of hydrogen-bond donors (Lipinski definition) is 1. The molecular formula is C9H10F3NOS. The lowest BCUT2D eigenvalue weighted by molar-refractivity contribution is -0.137. The summed E-state index contributed by atoms with van der Waals surface area (Å²) < 4.78 is 50.5. The minimum Gasteiger partial charge on any atom is -0.238 e. The van der Waals surface area contributed by atoms with Crippen LogP contribution >= 0.6 is 0 Å². The molecule has 15 heavy (non-hydrogen) atoms. The van der Waals surface area contributed by atoms with Crippen molar-refractivity contribution in [2.75, 3.05) is 6.54 Å². The van der Waals surface area contributed by atoms with Crippen molar-refractivity contribution in [3.8, 4) is 0 Å². The zero-order valence-electron chi connectivity index (χ0n) is 7.97. The second-order valence-corrected chi connectivity index (χ2v) is 4.09. The molecule has 2 nitrogen and oxygen atoms in total. The Kier molecular flexibility index (Phi) is 3.87. The molecule has 0 saturated carbocycles. The van der Waals surface area contributed by atoms with Gasteiger partial charge in [-0.15, -0.1) is 0 Å². The summed E-state index contributed by atoms with van der Waals surface area (Å²) in [5.41, 5.74) is -0.736. The summed E-state index contributed by atoms with van der Waals surface area (Å²) in [6.45, 7) is 2.26. The monoisotopic (exact) mass is 237 g/mol. The molecule has 84 valence electrons. The lowest BCUT2D eigenvalue weighted by atomic mass is 10.2. The predicted octanol–water partition coefficient (Wildman–Crippen LogP) is 2.34. The first kappa shape index (κ1) is 12.2. The van der Waals surface area contributed by atoms with E-state index in [9.17, 15) is 17.4 Å². The van der Waals surface area contributed by atoms with Gasteiger partial charge in [0.25, 0.3) is 0 Å². The molecule has 0 aliphatic rings. The van der Waals surface area contributed by atoms with Gasteiger partial charge in [0.1, 0.15) is 11.0 Å². The fourth-order valence-corrected chi connectivity index (χ4v) is 1.79. The highest BCUT2D eigenvalue weighted by atomic mass is 32.2. The summed E-state index contributed by atoms with van der Waals surface area (Å²) in [6.07, 6.45) is -4.35. The van der Waals surface area contributed by atoms with E-state index in [-0.39, 0.29) is 0 Å². The number of nitrogens with one attached hydrogen (secondary N) is 1. The van der Waals surface area contributed by atoms with Crippen molar-refractivity contribution in [3.63, 3.8) is 0 Å². The molecule has 0 aromatic heterocycles. The van der Waals surface area contributed by atoms with Crippen LogP contribution < -0.4 is 4.72 Å². The highest BCUT2D eigenvalue weighted by Crippen LogP contribution is 2.29. The maximum absolute atomic E-state index is 12.2. The highest BCUT2D eigenvalue weighted by Gasteiger charge is 2.30. The highest BCUT2D eigenvalue weighted by molar-refractivity contribution is 7.83. The van der Waals surface area contributed by atoms with Gasteiger partial charge in [-0.1, -0.05) is 6.92 Å². The molecule has 1 unspecified atom stereocenters. The van der Waals surface area contributed by atoms with E-state index in [1.807, 2.05) is 0 Å². The van der Waals surface area contributed by atoms with Crippen molar-refractivity contribution >= 4 is 11.0 Å². The Morgan fingerprint density at radius 3 is 2.20 bits per heavy atom. The molecule has 0 heterocycles. The molecule has 1 atom stereocenters. The minimum atomic E-state index is -4.35. The third-order valence-corrected chi connectivity index (χ3v) is 2.92. The molecule has 0 fully saturated rings. The Morgan fingerprint density at radius 2 is 1.80 bits per heavy atom. The lowest BCUT2D eigenvalue weighted by Crippen LogP contribution is -2.16. The molecule has 0 amide bonds. The first-order valence-corrected chi connectivity index (χ1v) is 5.42. The van der Waals surface area contributed by atoms with Crippen molar-refractivity contribution < 1.29 is 17.4 Å². The first-order chi connectivity index (χ1) is 6.95. The van der Waals surface area contributed by atoms with Gasteiger partial charge >= 0.3 is 6.18 Å². The summed E-state index contributed by atoms with van der Waals surface area (Å²) in [4.78, 5) is 0.338. The summed E-state index contributed by atoms with van der Waals surface area (Å²) >= 11 is 0. The predicted molar refractivity (Wildman–Crippen MR) is 51.5 cm³/mol. The number of rotatable bonds is 3. The maximum Gasteiger partial charge on any atom is 0.416 e. The summed E-state index contributed by atoms with van der Waals surface area (Å²) in [5.74, 6) is 0. The Labute approximate surface area is 88.1 Å². The van der Waals surface area contributed by atoms with Gasteiger partial charge in [-0.2, -0.15) is 13.2 Å². The van der Waals surface area contributed by atoms with Crippen LogP contribution in [-0.2, 0) is 17.2 Å². The van der Waals surface area contributed by atoms with Gasteiger partial charge in [-0.3, -0.25) is 0 Å². The average molecular weight is 237 g/mol. The molecular weight excluding hydrogens is 227 g/mol. The zero-order chi connectivity index (χ0) is 11.5. The second-order valence-electron chi connectivity index (χ2n) is 2.79. The number of halogens is 3. The molecule has 1 aromatic rings. The lowest BCUT2D eigenvalue weighted by Gasteiger charge is -2.07. The van der Waals surface area contributed by atoms with Gasteiger partial charge in [0.2, 0.25) is 0 Å².